The quantitative estimate of drug-likeness (QED) is 0.496. The van der Waals surface area contributed by atoms with Gasteiger partial charge in [0.05, 0.1) is 33.2 Å². The maximum absolute atomic E-state index is 11.5. The summed E-state index contributed by atoms with van der Waals surface area (Å²) in [7, 11) is 4.51. The van der Waals surface area contributed by atoms with Crippen molar-refractivity contribution in [2.24, 2.45) is 5.10 Å². The number of carbonyl (C=O) groups is 1. The first-order chi connectivity index (χ1) is 11.1. The van der Waals surface area contributed by atoms with Crippen LogP contribution in [0, 0.1) is 6.92 Å². The van der Waals surface area contributed by atoms with Crippen molar-refractivity contribution in [1.82, 2.24) is 4.98 Å². The molecule has 0 amide bonds. The van der Waals surface area contributed by atoms with E-state index in [-0.39, 0.29) is 0 Å². The molecule has 0 fully saturated rings. The summed E-state index contributed by atoms with van der Waals surface area (Å²) in [6.45, 7) is 1.74. The third-order valence-corrected chi connectivity index (χ3v) is 4.01. The molecule has 0 aliphatic carbocycles. The van der Waals surface area contributed by atoms with Crippen molar-refractivity contribution in [1.29, 1.82) is 0 Å². The summed E-state index contributed by atoms with van der Waals surface area (Å²) in [5.41, 5.74) is 4.14. The van der Waals surface area contributed by atoms with Gasteiger partial charge in [-0.05, 0) is 25.1 Å². The van der Waals surface area contributed by atoms with E-state index in [9.17, 15) is 4.79 Å². The van der Waals surface area contributed by atoms with E-state index in [1.54, 1.807) is 45.6 Å². The highest BCUT2D eigenvalue weighted by Crippen LogP contribution is 2.24. The molecule has 0 aliphatic rings. The predicted molar refractivity (Wildman–Crippen MR) is 89.0 cm³/mol. The third kappa shape index (κ3) is 3.98. The van der Waals surface area contributed by atoms with Crippen LogP contribution >= 0.6 is 11.3 Å². The maximum atomic E-state index is 11.5. The average Bonchev–Trinajstić information content (AvgIpc) is 2.94. The molecule has 1 aromatic heterocycles. The number of carbonyl (C=O) groups excluding carboxylic acids is 1. The fourth-order valence-corrected chi connectivity index (χ4v) is 2.66. The van der Waals surface area contributed by atoms with Crippen LogP contribution in [0.4, 0.5) is 5.13 Å². The number of hydrazone groups is 1. The van der Waals surface area contributed by atoms with Crippen LogP contribution in [-0.4, -0.2) is 38.5 Å². The number of nitrogens with zero attached hydrogens (tertiary/aromatic N) is 2. The number of esters is 1. The van der Waals surface area contributed by atoms with Crippen LogP contribution in [0.2, 0.25) is 0 Å². The van der Waals surface area contributed by atoms with E-state index in [1.807, 2.05) is 0 Å². The third-order valence-electron chi connectivity index (χ3n) is 2.97. The molecule has 1 aromatic carbocycles. The van der Waals surface area contributed by atoms with Crippen molar-refractivity contribution in [2.45, 2.75) is 6.92 Å². The SMILES string of the molecule is COC(=O)c1sc(N/N=C\c2cc(OC)ccc2OC)nc1C. The van der Waals surface area contributed by atoms with E-state index in [1.165, 1.54) is 18.4 Å². The van der Waals surface area contributed by atoms with Crippen LogP contribution in [-0.2, 0) is 4.74 Å². The second-order valence-corrected chi connectivity index (χ2v) is 5.40. The molecular weight excluding hydrogens is 318 g/mol. The zero-order valence-corrected chi connectivity index (χ0v) is 14.1. The number of hydrogen-bond donors (Lipinski definition) is 1. The molecular formula is C15H17N3O4S. The molecule has 23 heavy (non-hydrogen) atoms. The molecule has 7 nitrogen and oxygen atoms in total. The van der Waals surface area contributed by atoms with Gasteiger partial charge in [0.25, 0.3) is 0 Å². The van der Waals surface area contributed by atoms with Gasteiger partial charge in [-0.3, -0.25) is 5.43 Å². The Hall–Kier alpha value is -2.61. The molecule has 2 rings (SSSR count). The Morgan fingerprint density at radius 2 is 2.09 bits per heavy atom. The lowest BCUT2D eigenvalue weighted by atomic mass is 10.2. The highest BCUT2D eigenvalue weighted by atomic mass is 32.1. The van der Waals surface area contributed by atoms with E-state index < -0.39 is 5.97 Å². The van der Waals surface area contributed by atoms with Gasteiger partial charge in [-0.1, -0.05) is 11.3 Å². The minimum absolute atomic E-state index is 0.411. The monoisotopic (exact) mass is 335 g/mol. The van der Waals surface area contributed by atoms with Gasteiger partial charge < -0.3 is 14.2 Å². The molecule has 0 bridgehead atoms. The Morgan fingerprint density at radius 1 is 1.30 bits per heavy atom. The minimum Gasteiger partial charge on any atom is -0.497 e. The van der Waals surface area contributed by atoms with Crippen LogP contribution in [0.5, 0.6) is 11.5 Å². The lowest BCUT2D eigenvalue weighted by molar-refractivity contribution is 0.0605. The molecule has 0 unspecified atom stereocenters. The van der Waals surface area contributed by atoms with Gasteiger partial charge in [0.15, 0.2) is 0 Å². The van der Waals surface area contributed by atoms with Crippen molar-refractivity contribution < 1.29 is 19.0 Å². The van der Waals surface area contributed by atoms with Crippen LogP contribution in [0.15, 0.2) is 23.3 Å². The van der Waals surface area contributed by atoms with Gasteiger partial charge in [0, 0.05) is 5.56 Å². The summed E-state index contributed by atoms with van der Waals surface area (Å²) >= 11 is 1.18. The molecule has 2 aromatic rings. The van der Waals surface area contributed by atoms with Crippen molar-refractivity contribution in [3.8, 4) is 11.5 Å². The fourth-order valence-electron chi connectivity index (χ4n) is 1.82. The number of ether oxygens (including phenoxy) is 3. The smallest absolute Gasteiger partial charge is 0.350 e. The first-order valence-electron chi connectivity index (χ1n) is 6.66. The summed E-state index contributed by atoms with van der Waals surface area (Å²) in [5, 5.41) is 4.62. The molecule has 0 spiro atoms. The summed E-state index contributed by atoms with van der Waals surface area (Å²) in [4.78, 5) is 16.2. The van der Waals surface area contributed by atoms with Crippen molar-refractivity contribution >= 4 is 28.7 Å². The number of anilines is 1. The lowest BCUT2D eigenvalue weighted by Gasteiger charge is -2.06. The standard InChI is InChI=1S/C15H17N3O4S/c1-9-13(14(19)22-4)23-15(17-9)18-16-8-10-7-11(20-2)5-6-12(10)21-3/h5-8H,1-4H3,(H,17,18)/b16-8-. The number of thiazole rings is 1. The van der Waals surface area contributed by atoms with E-state index >= 15 is 0 Å². The molecule has 0 saturated heterocycles. The number of hydrogen-bond acceptors (Lipinski definition) is 8. The van der Waals surface area contributed by atoms with E-state index in [4.69, 9.17) is 14.2 Å². The Balaban J connectivity index is 2.14. The van der Waals surface area contributed by atoms with Gasteiger partial charge in [0.2, 0.25) is 5.13 Å². The molecule has 8 heteroatoms. The van der Waals surface area contributed by atoms with E-state index in [0.717, 1.165) is 5.56 Å². The maximum Gasteiger partial charge on any atom is 0.350 e. The van der Waals surface area contributed by atoms with E-state index in [2.05, 4.69) is 15.5 Å². The first-order valence-corrected chi connectivity index (χ1v) is 7.47. The topological polar surface area (TPSA) is 82.0 Å². The van der Waals surface area contributed by atoms with Gasteiger partial charge in [-0.25, -0.2) is 9.78 Å². The van der Waals surface area contributed by atoms with Crippen LogP contribution in [0.3, 0.4) is 0 Å². The van der Waals surface area contributed by atoms with Crippen LogP contribution in [0.1, 0.15) is 20.9 Å². The second-order valence-electron chi connectivity index (χ2n) is 4.40. The molecule has 1 heterocycles. The summed E-state index contributed by atoms with van der Waals surface area (Å²) in [5.74, 6) is 0.957. The second kappa shape index (κ2) is 7.59. The normalized spacial score (nSPS) is 10.6. The molecule has 0 atom stereocenters. The number of nitrogens with one attached hydrogen (secondary N) is 1. The largest absolute Gasteiger partial charge is 0.497 e. The molecule has 0 aliphatic heterocycles. The first kappa shape index (κ1) is 16.8. The molecule has 0 radical (unpaired) electrons. The number of aromatic nitrogens is 1. The molecule has 122 valence electrons. The summed E-state index contributed by atoms with van der Waals surface area (Å²) in [6.07, 6.45) is 1.59. The van der Waals surface area contributed by atoms with Gasteiger partial charge in [-0.2, -0.15) is 5.10 Å². The Labute approximate surface area is 137 Å². The van der Waals surface area contributed by atoms with Crippen molar-refractivity contribution in [2.75, 3.05) is 26.8 Å². The van der Waals surface area contributed by atoms with Crippen LogP contribution < -0.4 is 14.9 Å². The molecule has 0 saturated carbocycles. The minimum atomic E-state index is -0.411. The Morgan fingerprint density at radius 3 is 2.74 bits per heavy atom. The zero-order chi connectivity index (χ0) is 16.8. The van der Waals surface area contributed by atoms with Crippen molar-refractivity contribution in [3.63, 3.8) is 0 Å². The van der Waals surface area contributed by atoms with Gasteiger partial charge in [-0.15, -0.1) is 0 Å². The number of rotatable bonds is 6. The van der Waals surface area contributed by atoms with Gasteiger partial charge in [0.1, 0.15) is 16.4 Å². The van der Waals surface area contributed by atoms with Crippen LogP contribution in [0.25, 0.3) is 0 Å². The summed E-state index contributed by atoms with van der Waals surface area (Å²) in [6, 6.07) is 5.40. The zero-order valence-electron chi connectivity index (χ0n) is 13.2. The average molecular weight is 335 g/mol. The lowest BCUT2D eigenvalue weighted by Crippen LogP contribution is -1.99. The summed E-state index contributed by atoms with van der Waals surface area (Å²) < 4.78 is 15.1. The highest BCUT2D eigenvalue weighted by Gasteiger charge is 2.15. The van der Waals surface area contributed by atoms with Gasteiger partial charge >= 0.3 is 5.97 Å². The van der Waals surface area contributed by atoms with E-state index in [0.29, 0.717) is 27.2 Å². The number of methoxy groups -OCH3 is 3. The highest BCUT2D eigenvalue weighted by molar-refractivity contribution is 7.17. The Bertz CT molecular complexity index is 728. The fraction of sp³-hybridized carbons (Fsp3) is 0.267. The number of benzene rings is 1. The van der Waals surface area contributed by atoms with Crippen molar-refractivity contribution in [3.05, 3.63) is 34.3 Å². The number of aryl methyl sites for hydroxylation is 1. The predicted octanol–water partition coefficient (Wildman–Crippen LogP) is 2.70. The Kier molecular flexibility index (Phi) is 5.53. The molecule has 1 N–H and O–H groups in total.